The van der Waals surface area contributed by atoms with Crippen LogP contribution in [0.5, 0.6) is 0 Å². The van der Waals surface area contributed by atoms with Gasteiger partial charge in [-0.25, -0.2) is 9.59 Å². The molecule has 0 saturated heterocycles. The third-order valence-electron chi connectivity index (χ3n) is 3.43. The number of hydrogen-bond donors (Lipinski definition) is 1. The second kappa shape index (κ2) is 5.40. The molecule has 1 aromatic rings. The van der Waals surface area contributed by atoms with Crippen LogP contribution in [0.4, 0.5) is 0 Å². The van der Waals surface area contributed by atoms with E-state index in [1.807, 2.05) is 0 Å². The molecule has 2 rings (SSSR count). The van der Waals surface area contributed by atoms with Crippen molar-refractivity contribution in [3.63, 3.8) is 0 Å². The zero-order chi connectivity index (χ0) is 14.0. The number of aliphatic hydroxyl groups is 1. The summed E-state index contributed by atoms with van der Waals surface area (Å²) in [5, 5.41) is 9.20. The van der Waals surface area contributed by atoms with Crippen molar-refractivity contribution in [1.82, 2.24) is 0 Å². The summed E-state index contributed by atoms with van der Waals surface area (Å²) < 4.78 is 9.38. The van der Waals surface area contributed by atoms with Gasteiger partial charge in [-0.15, -0.1) is 0 Å². The van der Waals surface area contributed by atoms with Crippen molar-refractivity contribution >= 4 is 11.9 Å². The van der Waals surface area contributed by atoms with E-state index in [2.05, 4.69) is 9.47 Å². The molecule has 1 N–H and O–H groups in total. The maximum atomic E-state index is 11.7. The summed E-state index contributed by atoms with van der Waals surface area (Å²) >= 11 is 0. The molecule has 0 aromatic heterocycles. The number of methoxy groups -OCH3 is 2. The highest BCUT2D eigenvalue weighted by Crippen LogP contribution is 2.30. The molecule has 0 spiro atoms. The molecule has 0 fully saturated rings. The first-order chi connectivity index (χ1) is 9.10. The molecule has 5 heteroatoms. The summed E-state index contributed by atoms with van der Waals surface area (Å²) in [6, 6.07) is 3.34. The molecule has 1 aliphatic rings. The fourth-order valence-electron chi connectivity index (χ4n) is 2.45. The van der Waals surface area contributed by atoms with E-state index in [-0.39, 0.29) is 23.7 Å². The largest absolute Gasteiger partial charge is 0.465 e. The highest BCUT2D eigenvalue weighted by atomic mass is 16.5. The SMILES string of the molecule is COC(=O)c1cc2c(cc1C(=O)OC)CC(CO)C2. The molecule has 102 valence electrons. The van der Waals surface area contributed by atoms with Gasteiger partial charge in [-0.05, 0) is 42.0 Å². The van der Waals surface area contributed by atoms with E-state index < -0.39 is 11.9 Å². The Morgan fingerprint density at radius 2 is 1.53 bits per heavy atom. The fraction of sp³-hybridized carbons (Fsp3) is 0.429. The van der Waals surface area contributed by atoms with Crippen molar-refractivity contribution in [2.75, 3.05) is 20.8 Å². The van der Waals surface area contributed by atoms with Crippen LogP contribution in [0.2, 0.25) is 0 Å². The maximum Gasteiger partial charge on any atom is 0.338 e. The van der Waals surface area contributed by atoms with Gasteiger partial charge in [0, 0.05) is 6.61 Å². The molecule has 0 atom stereocenters. The van der Waals surface area contributed by atoms with Crippen molar-refractivity contribution in [2.45, 2.75) is 12.8 Å². The number of aliphatic hydroxyl groups excluding tert-OH is 1. The van der Waals surface area contributed by atoms with Crippen molar-refractivity contribution in [3.05, 3.63) is 34.4 Å². The minimum atomic E-state index is -0.560. The lowest BCUT2D eigenvalue weighted by atomic mass is 10.00. The molecule has 0 amide bonds. The van der Waals surface area contributed by atoms with Gasteiger partial charge >= 0.3 is 11.9 Å². The number of hydrogen-bond acceptors (Lipinski definition) is 5. The van der Waals surface area contributed by atoms with E-state index in [0.29, 0.717) is 12.8 Å². The Kier molecular flexibility index (Phi) is 3.85. The number of fused-ring (bicyclic) bond motifs is 1. The lowest BCUT2D eigenvalue weighted by Gasteiger charge is -2.09. The predicted molar refractivity (Wildman–Crippen MR) is 67.1 cm³/mol. The molecule has 0 saturated carbocycles. The Labute approximate surface area is 111 Å². The van der Waals surface area contributed by atoms with Crippen LogP contribution in [0.15, 0.2) is 12.1 Å². The smallest absolute Gasteiger partial charge is 0.338 e. The first-order valence-electron chi connectivity index (χ1n) is 6.04. The predicted octanol–water partition coefficient (Wildman–Crippen LogP) is 0.967. The summed E-state index contributed by atoms with van der Waals surface area (Å²) in [4.78, 5) is 23.5. The van der Waals surface area contributed by atoms with E-state index in [4.69, 9.17) is 0 Å². The molecule has 0 unspecified atom stereocenters. The highest BCUT2D eigenvalue weighted by molar-refractivity contribution is 6.03. The molecule has 0 heterocycles. The topological polar surface area (TPSA) is 72.8 Å². The third kappa shape index (κ3) is 2.46. The average molecular weight is 264 g/mol. The molecule has 0 radical (unpaired) electrons. The standard InChI is InChI=1S/C14H16O5/c1-18-13(16)11-5-9-3-8(7-15)4-10(9)6-12(11)14(17)19-2/h5-6,8,15H,3-4,7H2,1-2H3. The Balaban J connectivity index is 2.48. The zero-order valence-electron chi connectivity index (χ0n) is 10.9. The molecule has 5 nitrogen and oxygen atoms in total. The quantitative estimate of drug-likeness (QED) is 0.823. The van der Waals surface area contributed by atoms with Crippen molar-refractivity contribution < 1.29 is 24.2 Å². The molecular weight excluding hydrogens is 248 g/mol. The van der Waals surface area contributed by atoms with E-state index >= 15 is 0 Å². The van der Waals surface area contributed by atoms with Gasteiger partial charge in [0.2, 0.25) is 0 Å². The van der Waals surface area contributed by atoms with Crippen LogP contribution < -0.4 is 0 Å². The molecule has 1 aliphatic carbocycles. The lowest BCUT2D eigenvalue weighted by molar-refractivity contribution is 0.0555. The van der Waals surface area contributed by atoms with Gasteiger partial charge in [0.25, 0.3) is 0 Å². The van der Waals surface area contributed by atoms with Crippen LogP contribution in [0.1, 0.15) is 31.8 Å². The summed E-state index contributed by atoms with van der Waals surface area (Å²) in [5.41, 5.74) is 2.39. The Hall–Kier alpha value is -1.88. The van der Waals surface area contributed by atoms with Gasteiger partial charge in [-0.1, -0.05) is 0 Å². The van der Waals surface area contributed by atoms with E-state index in [1.165, 1.54) is 14.2 Å². The number of benzene rings is 1. The van der Waals surface area contributed by atoms with Crippen LogP contribution in [0, 0.1) is 5.92 Å². The van der Waals surface area contributed by atoms with Gasteiger partial charge in [0.15, 0.2) is 0 Å². The van der Waals surface area contributed by atoms with Crippen LogP contribution in [0.3, 0.4) is 0 Å². The molecule has 0 aliphatic heterocycles. The number of rotatable bonds is 3. The zero-order valence-corrected chi connectivity index (χ0v) is 10.9. The first kappa shape index (κ1) is 13.5. The number of esters is 2. The van der Waals surface area contributed by atoms with E-state index in [0.717, 1.165) is 11.1 Å². The average Bonchev–Trinajstić information content (AvgIpc) is 2.86. The van der Waals surface area contributed by atoms with Gasteiger partial charge in [0.05, 0.1) is 25.3 Å². The number of ether oxygens (including phenoxy) is 2. The monoisotopic (exact) mass is 264 g/mol. The van der Waals surface area contributed by atoms with Crippen molar-refractivity contribution in [2.24, 2.45) is 5.92 Å². The second-order valence-electron chi connectivity index (χ2n) is 4.61. The van der Waals surface area contributed by atoms with Gasteiger partial charge in [-0.3, -0.25) is 0 Å². The van der Waals surface area contributed by atoms with Crippen LogP contribution >= 0.6 is 0 Å². The van der Waals surface area contributed by atoms with Crippen LogP contribution in [-0.2, 0) is 22.3 Å². The van der Waals surface area contributed by atoms with Crippen molar-refractivity contribution in [3.8, 4) is 0 Å². The fourth-order valence-corrected chi connectivity index (χ4v) is 2.45. The molecule has 1 aromatic carbocycles. The third-order valence-corrected chi connectivity index (χ3v) is 3.43. The van der Waals surface area contributed by atoms with Crippen LogP contribution in [0.25, 0.3) is 0 Å². The number of carbonyl (C=O) groups is 2. The van der Waals surface area contributed by atoms with Gasteiger partial charge < -0.3 is 14.6 Å². The molecule has 19 heavy (non-hydrogen) atoms. The summed E-state index contributed by atoms with van der Waals surface area (Å²) in [6.07, 6.45) is 1.41. The highest BCUT2D eigenvalue weighted by Gasteiger charge is 2.27. The number of carbonyl (C=O) groups excluding carboxylic acids is 2. The summed E-state index contributed by atoms with van der Waals surface area (Å²) in [7, 11) is 2.54. The minimum Gasteiger partial charge on any atom is -0.465 e. The Bertz CT molecular complexity index is 476. The Morgan fingerprint density at radius 3 is 1.84 bits per heavy atom. The normalized spacial score (nSPS) is 14.1. The van der Waals surface area contributed by atoms with Crippen molar-refractivity contribution in [1.29, 1.82) is 0 Å². The molecular formula is C14H16O5. The van der Waals surface area contributed by atoms with Crippen LogP contribution in [-0.4, -0.2) is 37.9 Å². The van der Waals surface area contributed by atoms with Gasteiger partial charge in [-0.2, -0.15) is 0 Å². The maximum absolute atomic E-state index is 11.7. The molecule has 0 bridgehead atoms. The van der Waals surface area contributed by atoms with Gasteiger partial charge in [0.1, 0.15) is 0 Å². The minimum absolute atomic E-state index is 0.0931. The van der Waals surface area contributed by atoms with E-state index in [9.17, 15) is 14.7 Å². The van der Waals surface area contributed by atoms with E-state index in [1.54, 1.807) is 12.1 Å². The Morgan fingerprint density at radius 1 is 1.11 bits per heavy atom. The first-order valence-corrected chi connectivity index (χ1v) is 6.04. The lowest BCUT2D eigenvalue weighted by Crippen LogP contribution is -2.12. The summed E-state index contributed by atoms with van der Waals surface area (Å²) in [5.74, 6) is -0.973. The second-order valence-corrected chi connectivity index (χ2v) is 4.61. The summed E-state index contributed by atoms with van der Waals surface area (Å²) in [6.45, 7) is 0.0931.